The summed E-state index contributed by atoms with van der Waals surface area (Å²) < 4.78 is 11.7. The van der Waals surface area contributed by atoms with Gasteiger partial charge in [0.05, 0.1) is 6.54 Å². The molecule has 0 spiro atoms. The molecule has 0 aliphatic carbocycles. The van der Waals surface area contributed by atoms with Gasteiger partial charge in [0.2, 0.25) is 5.88 Å². The highest BCUT2D eigenvalue weighted by molar-refractivity contribution is 6.30. The summed E-state index contributed by atoms with van der Waals surface area (Å²) in [6, 6.07) is 8.68. The molecule has 0 unspecified atom stereocenters. The minimum atomic E-state index is -0.975. The first-order valence-corrected chi connectivity index (χ1v) is 8.48. The largest absolute Gasteiger partial charge is 0.478 e. The summed E-state index contributed by atoms with van der Waals surface area (Å²) in [5.41, 5.74) is -0.975. The predicted molar refractivity (Wildman–Crippen MR) is 93.8 cm³/mol. The zero-order valence-corrected chi connectivity index (χ0v) is 14.9. The molecule has 132 valence electrons. The number of ether oxygens (including phenoxy) is 2. The van der Waals surface area contributed by atoms with Crippen molar-refractivity contribution in [1.29, 1.82) is 0 Å². The van der Waals surface area contributed by atoms with Gasteiger partial charge in [-0.2, -0.15) is 0 Å². The molecule has 6 nitrogen and oxygen atoms in total. The average Bonchev–Trinajstić information content (AvgIpc) is 3.05. The van der Waals surface area contributed by atoms with E-state index in [0.29, 0.717) is 29.7 Å². The Bertz CT molecular complexity index is 722. The van der Waals surface area contributed by atoms with Crippen molar-refractivity contribution in [3.05, 3.63) is 47.9 Å². The molecule has 0 saturated carbocycles. The standard InChI is InChI=1S/C18H20ClN3O3/c1-18(2,25-14-5-3-13(19)4-6-14)17(23)22-10-8-15(11-22)24-16-7-9-20-12-21-16/h3-7,9,12,15H,8,10-11H2,1-2H3/t15-/m0/s1. The second-order valence-corrected chi connectivity index (χ2v) is 6.83. The number of likely N-dealkylation sites (tertiary alicyclic amines) is 1. The van der Waals surface area contributed by atoms with Gasteiger partial charge in [-0.25, -0.2) is 9.97 Å². The maximum atomic E-state index is 12.8. The van der Waals surface area contributed by atoms with E-state index in [1.54, 1.807) is 55.3 Å². The number of rotatable bonds is 5. The molecule has 1 amide bonds. The van der Waals surface area contributed by atoms with E-state index in [0.717, 1.165) is 6.42 Å². The van der Waals surface area contributed by atoms with E-state index in [1.807, 2.05) is 0 Å². The molecule has 1 aliphatic rings. The van der Waals surface area contributed by atoms with Crippen LogP contribution in [-0.4, -0.2) is 45.6 Å². The number of aromatic nitrogens is 2. The zero-order valence-electron chi connectivity index (χ0n) is 14.2. The Kier molecular flexibility index (Phi) is 5.08. The molecule has 1 aliphatic heterocycles. The Labute approximate surface area is 151 Å². The third-order valence-corrected chi connectivity index (χ3v) is 4.23. The van der Waals surface area contributed by atoms with Crippen LogP contribution in [0.2, 0.25) is 5.02 Å². The topological polar surface area (TPSA) is 64.5 Å². The smallest absolute Gasteiger partial charge is 0.266 e. The summed E-state index contributed by atoms with van der Waals surface area (Å²) in [5, 5.41) is 0.626. The van der Waals surface area contributed by atoms with Crippen molar-refractivity contribution >= 4 is 17.5 Å². The number of hydrogen-bond donors (Lipinski definition) is 0. The molecule has 0 radical (unpaired) electrons. The first kappa shape index (κ1) is 17.5. The van der Waals surface area contributed by atoms with E-state index in [4.69, 9.17) is 21.1 Å². The van der Waals surface area contributed by atoms with Gasteiger partial charge >= 0.3 is 0 Å². The molecule has 1 fully saturated rings. The van der Waals surface area contributed by atoms with Crippen LogP contribution in [0.3, 0.4) is 0 Å². The Balaban J connectivity index is 1.59. The van der Waals surface area contributed by atoms with Crippen LogP contribution in [0.5, 0.6) is 11.6 Å². The van der Waals surface area contributed by atoms with Crippen molar-refractivity contribution in [2.24, 2.45) is 0 Å². The Hall–Kier alpha value is -2.34. The third-order valence-electron chi connectivity index (χ3n) is 3.98. The summed E-state index contributed by atoms with van der Waals surface area (Å²) in [5.74, 6) is 1.05. The van der Waals surface area contributed by atoms with E-state index in [2.05, 4.69) is 9.97 Å². The number of nitrogens with zero attached hydrogens (tertiary/aromatic N) is 3. The Morgan fingerprint density at radius 2 is 2.04 bits per heavy atom. The number of hydrogen-bond acceptors (Lipinski definition) is 5. The summed E-state index contributed by atoms with van der Waals surface area (Å²) in [6.07, 6.45) is 3.75. The van der Waals surface area contributed by atoms with E-state index in [-0.39, 0.29) is 12.0 Å². The first-order chi connectivity index (χ1) is 11.9. The highest BCUT2D eigenvalue weighted by Crippen LogP contribution is 2.24. The average molecular weight is 362 g/mol. The second-order valence-electron chi connectivity index (χ2n) is 6.39. The fourth-order valence-corrected chi connectivity index (χ4v) is 2.88. The molecule has 25 heavy (non-hydrogen) atoms. The molecular weight excluding hydrogens is 342 g/mol. The van der Waals surface area contributed by atoms with Crippen LogP contribution in [0.25, 0.3) is 0 Å². The molecular formula is C18H20ClN3O3. The van der Waals surface area contributed by atoms with Crippen LogP contribution in [0.15, 0.2) is 42.9 Å². The molecule has 1 saturated heterocycles. The van der Waals surface area contributed by atoms with Crippen molar-refractivity contribution in [2.75, 3.05) is 13.1 Å². The van der Waals surface area contributed by atoms with Gasteiger partial charge in [-0.05, 0) is 38.1 Å². The lowest BCUT2D eigenvalue weighted by Gasteiger charge is -2.30. The molecule has 0 N–H and O–H groups in total. The van der Waals surface area contributed by atoms with Crippen LogP contribution >= 0.6 is 11.6 Å². The zero-order chi connectivity index (χ0) is 17.9. The van der Waals surface area contributed by atoms with E-state index < -0.39 is 5.60 Å². The van der Waals surface area contributed by atoms with Crippen molar-refractivity contribution in [3.8, 4) is 11.6 Å². The molecule has 1 aromatic heterocycles. The first-order valence-electron chi connectivity index (χ1n) is 8.11. The Morgan fingerprint density at radius 1 is 1.28 bits per heavy atom. The monoisotopic (exact) mass is 361 g/mol. The van der Waals surface area contributed by atoms with Crippen LogP contribution in [0.4, 0.5) is 0 Å². The van der Waals surface area contributed by atoms with Gasteiger partial charge in [0.25, 0.3) is 5.91 Å². The van der Waals surface area contributed by atoms with Gasteiger partial charge in [0.1, 0.15) is 18.2 Å². The van der Waals surface area contributed by atoms with Gasteiger partial charge < -0.3 is 14.4 Å². The molecule has 7 heteroatoms. The summed E-state index contributed by atoms with van der Waals surface area (Å²) in [7, 11) is 0. The number of carbonyl (C=O) groups excluding carboxylic acids is 1. The lowest BCUT2D eigenvalue weighted by molar-refractivity contribution is -0.144. The minimum absolute atomic E-state index is 0.0729. The molecule has 2 heterocycles. The predicted octanol–water partition coefficient (Wildman–Crippen LogP) is 2.97. The molecule has 2 aromatic rings. The second kappa shape index (κ2) is 7.27. The third kappa shape index (κ3) is 4.39. The van der Waals surface area contributed by atoms with Gasteiger partial charge in [0.15, 0.2) is 5.60 Å². The quantitative estimate of drug-likeness (QED) is 0.819. The van der Waals surface area contributed by atoms with Crippen molar-refractivity contribution in [2.45, 2.75) is 32.0 Å². The fourth-order valence-electron chi connectivity index (χ4n) is 2.75. The van der Waals surface area contributed by atoms with E-state index in [9.17, 15) is 4.79 Å². The Morgan fingerprint density at radius 3 is 2.72 bits per heavy atom. The highest BCUT2D eigenvalue weighted by atomic mass is 35.5. The van der Waals surface area contributed by atoms with Crippen molar-refractivity contribution in [3.63, 3.8) is 0 Å². The maximum Gasteiger partial charge on any atom is 0.266 e. The molecule has 1 atom stereocenters. The van der Waals surface area contributed by atoms with Gasteiger partial charge in [-0.15, -0.1) is 0 Å². The van der Waals surface area contributed by atoms with Crippen LogP contribution in [-0.2, 0) is 4.79 Å². The minimum Gasteiger partial charge on any atom is -0.478 e. The summed E-state index contributed by atoms with van der Waals surface area (Å²) in [6.45, 7) is 4.67. The SMILES string of the molecule is CC(C)(Oc1ccc(Cl)cc1)C(=O)N1CC[C@H](Oc2ccncn2)C1. The summed E-state index contributed by atoms with van der Waals surface area (Å²) in [4.78, 5) is 22.5. The maximum absolute atomic E-state index is 12.8. The molecule has 1 aromatic carbocycles. The van der Waals surface area contributed by atoms with E-state index >= 15 is 0 Å². The van der Waals surface area contributed by atoms with Crippen LogP contribution < -0.4 is 9.47 Å². The lowest BCUT2D eigenvalue weighted by Crippen LogP contribution is -2.48. The summed E-state index contributed by atoms with van der Waals surface area (Å²) >= 11 is 5.88. The van der Waals surface area contributed by atoms with Gasteiger partial charge in [-0.3, -0.25) is 4.79 Å². The number of amides is 1. The number of halogens is 1. The van der Waals surface area contributed by atoms with Crippen molar-refractivity contribution < 1.29 is 14.3 Å². The number of carbonyl (C=O) groups is 1. The van der Waals surface area contributed by atoms with Crippen LogP contribution in [0.1, 0.15) is 20.3 Å². The fraction of sp³-hybridized carbons (Fsp3) is 0.389. The lowest BCUT2D eigenvalue weighted by atomic mass is 10.1. The van der Waals surface area contributed by atoms with E-state index in [1.165, 1.54) is 6.33 Å². The van der Waals surface area contributed by atoms with Gasteiger partial charge in [-0.1, -0.05) is 11.6 Å². The highest BCUT2D eigenvalue weighted by Gasteiger charge is 2.38. The number of benzene rings is 1. The molecule has 0 bridgehead atoms. The normalized spacial score (nSPS) is 17.4. The van der Waals surface area contributed by atoms with Crippen molar-refractivity contribution in [1.82, 2.24) is 14.9 Å². The van der Waals surface area contributed by atoms with Gasteiger partial charge in [0, 0.05) is 30.3 Å². The van der Waals surface area contributed by atoms with Crippen LogP contribution in [0, 0.1) is 0 Å². The molecule has 3 rings (SSSR count).